The lowest BCUT2D eigenvalue weighted by Gasteiger charge is -2.13. The zero-order valence-corrected chi connectivity index (χ0v) is 16.6. The van der Waals surface area contributed by atoms with Gasteiger partial charge in [-0.15, -0.1) is 0 Å². The Hall–Kier alpha value is -1.47. The first-order chi connectivity index (χ1) is 11.8. The van der Waals surface area contributed by atoms with Crippen LogP contribution in [0.4, 0.5) is 0 Å². The minimum absolute atomic E-state index is 0.160. The van der Waals surface area contributed by atoms with Gasteiger partial charge in [0.25, 0.3) is 0 Å². The summed E-state index contributed by atoms with van der Waals surface area (Å²) in [6, 6.07) is 5.12. The molecule has 1 aliphatic rings. The van der Waals surface area contributed by atoms with Crippen molar-refractivity contribution in [3.05, 3.63) is 51.3 Å². The fourth-order valence-electron chi connectivity index (χ4n) is 2.73. The zero-order chi connectivity index (χ0) is 18.2. The first-order valence-corrected chi connectivity index (χ1v) is 10.8. The maximum absolute atomic E-state index is 13.0. The van der Waals surface area contributed by atoms with Crippen molar-refractivity contribution in [1.29, 1.82) is 0 Å². The molecular formula is C18H20BrNO4S. The Balaban J connectivity index is 1.99. The number of aromatic nitrogens is 1. The molecule has 0 radical (unpaired) electrons. The van der Waals surface area contributed by atoms with Gasteiger partial charge in [-0.3, -0.25) is 4.79 Å². The number of nitrogens with zero attached hydrogens (tertiary/aromatic N) is 1. The van der Waals surface area contributed by atoms with Gasteiger partial charge < -0.3 is 4.52 Å². The topological polar surface area (TPSA) is 77.2 Å². The molecule has 1 fully saturated rings. The van der Waals surface area contributed by atoms with Gasteiger partial charge in [0.2, 0.25) is 0 Å². The lowest BCUT2D eigenvalue weighted by atomic mass is 9.98. The van der Waals surface area contributed by atoms with Crippen molar-refractivity contribution in [3.8, 4) is 0 Å². The number of hydrogen-bond donors (Lipinski definition) is 0. The Morgan fingerprint density at radius 2 is 2.08 bits per heavy atom. The third kappa shape index (κ3) is 3.87. The molecule has 0 spiro atoms. The number of carbonyl (C=O) groups is 1. The second-order valence-corrected chi connectivity index (χ2v) is 9.88. The second-order valence-electron chi connectivity index (χ2n) is 6.54. The van der Waals surface area contributed by atoms with Crippen LogP contribution in [0.2, 0.25) is 0 Å². The van der Waals surface area contributed by atoms with Crippen LogP contribution in [0.1, 0.15) is 66.2 Å². The van der Waals surface area contributed by atoms with Crippen LogP contribution in [0, 0.1) is 0 Å². The lowest BCUT2D eigenvalue weighted by Crippen LogP contribution is -2.20. The highest BCUT2D eigenvalue weighted by molar-refractivity contribution is 9.10. The maximum Gasteiger partial charge on any atom is 0.198 e. The summed E-state index contributed by atoms with van der Waals surface area (Å²) in [4.78, 5) is 13.0. The summed E-state index contributed by atoms with van der Waals surface area (Å²) in [5, 5.41) is 3.51. The van der Waals surface area contributed by atoms with Crippen LogP contribution in [-0.4, -0.2) is 24.6 Å². The molecule has 5 nitrogen and oxygen atoms in total. The number of carbonyl (C=O) groups excluding carboxylic acids is 1. The average molecular weight is 426 g/mol. The molecule has 1 saturated carbocycles. The molecule has 134 valence electrons. The molecule has 3 rings (SSSR count). The van der Waals surface area contributed by atoms with Gasteiger partial charge in [-0.25, -0.2) is 8.42 Å². The highest BCUT2D eigenvalue weighted by Gasteiger charge is 2.33. The number of benzene rings is 1. The van der Waals surface area contributed by atoms with Gasteiger partial charge in [-0.05, 0) is 49.9 Å². The van der Waals surface area contributed by atoms with Crippen molar-refractivity contribution in [2.75, 3.05) is 0 Å². The van der Waals surface area contributed by atoms with Crippen LogP contribution in [0.5, 0.6) is 0 Å². The molecule has 25 heavy (non-hydrogen) atoms. The Morgan fingerprint density at radius 1 is 1.36 bits per heavy atom. The molecule has 1 aromatic heterocycles. The molecule has 1 aromatic carbocycles. The highest BCUT2D eigenvalue weighted by atomic mass is 79.9. The average Bonchev–Trinajstić information content (AvgIpc) is 3.30. The van der Waals surface area contributed by atoms with Crippen LogP contribution >= 0.6 is 15.9 Å². The van der Waals surface area contributed by atoms with Gasteiger partial charge in [0.1, 0.15) is 6.26 Å². The number of rotatable bonds is 7. The number of hydrogen-bond acceptors (Lipinski definition) is 5. The highest BCUT2D eigenvalue weighted by Crippen LogP contribution is 2.41. The monoisotopic (exact) mass is 425 g/mol. The van der Waals surface area contributed by atoms with Gasteiger partial charge in [-0.1, -0.05) is 28.0 Å². The third-order valence-electron chi connectivity index (χ3n) is 4.66. The molecule has 0 aliphatic heterocycles. The molecule has 0 bridgehead atoms. The van der Waals surface area contributed by atoms with Crippen LogP contribution in [0.3, 0.4) is 0 Å². The lowest BCUT2D eigenvalue weighted by molar-refractivity contribution is 0.103. The van der Waals surface area contributed by atoms with E-state index in [0.717, 1.165) is 17.3 Å². The smallest absolute Gasteiger partial charge is 0.198 e. The van der Waals surface area contributed by atoms with Crippen molar-refractivity contribution in [3.63, 3.8) is 0 Å². The van der Waals surface area contributed by atoms with Crippen molar-refractivity contribution in [2.24, 2.45) is 0 Å². The Bertz CT molecular complexity index is 900. The summed E-state index contributed by atoms with van der Waals surface area (Å²) in [6.45, 7) is 3.54. The fraction of sp³-hybridized carbons (Fsp3) is 0.444. The van der Waals surface area contributed by atoms with Crippen LogP contribution < -0.4 is 0 Å². The summed E-state index contributed by atoms with van der Waals surface area (Å²) >= 11 is 3.37. The van der Waals surface area contributed by atoms with Crippen LogP contribution in [0.25, 0.3) is 0 Å². The first kappa shape index (κ1) is 18.3. The summed E-state index contributed by atoms with van der Waals surface area (Å²) in [7, 11) is -3.33. The van der Waals surface area contributed by atoms with Gasteiger partial charge >= 0.3 is 0 Å². The van der Waals surface area contributed by atoms with E-state index in [1.165, 1.54) is 6.26 Å². The van der Waals surface area contributed by atoms with E-state index >= 15 is 0 Å². The van der Waals surface area contributed by atoms with Crippen molar-refractivity contribution < 1.29 is 17.7 Å². The van der Waals surface area contributed by atoms with E-state index in [1.807, 2.05) is 6.92 Å². The normalized spacial score (nSPS) is 16.0. The van der Waals surface area contributed by atoms with E-state index in [-0.39, 0.29) is 17.5 Å². The minimum Gasteiger partial charge on any atom is -0.364 e. The maximum atomic E-state index is 13.0. The molecule has 0 amide bonds. The van der Waals surface area contributed by atoms with Crippen molar-refractivity contribution >= 4 is 31.6 Å². The van der Waals surface area contributed by atoms with E-state index in [0.29, 0.717) is 28.8 Å². The molecule has 0 N–H and O–H groups in total. The predicted octanol–water partition coefficient (Wildman–Crippen LogP) is 4.26. The summed E-state index contributed by atoms with van der Waals surface area (Å²) in [5.41, 5.74) is 2.01. The quantitative estimate of drug-likeness (QED) is 0.619. The summed E-state index contributed by atoms with van der Waals surface area (Å²) in [6.07, 6.45) is 3.91. The number of sulfone groups is 1. The number of halogens is 1. The zero-order valence-electron chi connectivity index (χ0n) is 14.2. The first-order valence-electron chi connectivity index (χ1n) is 8.32. The van der Waals surface area contributed by atoms with E-state index in [2.05, 4.69) is 21.1 Å². The summed E-state index contributed by atoms with van der Waals surface area (Å²) in [5.74, 6) is -0.113. The largest absolute Gasteiger partial charge is 0.364 e. The molecule has 1 aliphatic carbocycles. The Morgan fingerprint density at radius 3 is 2.72 bits per heavy atom. The number of ketones is 1. The molecule has 0 saturated heterocycles. The molecule has 1 heterocycles. The van der Waals surface area contributed by atoms with Gasteiger partial charge in [0.15, 0.2) is 15.6 Å². The van der Waals surface area contributed by atoms with Crippen molar-refractivity contribution in [2.45, 2.75) is 50.0 Å². The van der Waals surface area contributed by atoms with Crippen LogP contribution in [-0.2, 0) is 15.6 Å². The second kappa shape index (κ2) is 7.03. The Kier molecular flexibility index (Phi) is 5.16. The van der Waals surface area contributed by atoms with E-state index in [9.17, 15) is 13.2 Å². The molecular weight excluding hydrogens is 406 g/mol. The molecule has 7 heteroatoms. The van der Waals surface area contributed by atoms with E-state index in [1.54, 1.807) is 25.1 Å². The minimum atomic E-state index is -3.33. The molecule has 1 atom stereocenters. The fourth-order valence-corrected chi connectivity index (χ4v) is 4.60. The van der Waals surface area contributed by atoms with Crippen molar-refractivity contribution in [1.82, 2.24) is 5.16 Å². The standard InChI is InChI=1S/C18H20BrNO4S/c1-3-11(2)25(22,23)10-13-8-14(19)6-7-15(13)18(21)16-9-24-20-17(16)12-4-5-12/h6-9,11-12H,3-5,10H2,1-2H3. The van der Waals surface area contributed by atoms with Gasteiger partial charge in [0, 0.05) is 16.0 Å². The van der Waals surface area contributed by atoms with E-state index < -0.39 is 15.1 Å². The van der Waals surface area contributed by atoms with Gasteiger partial charge in [0.05, 0.1) is 22.3 Å². The Labute approximate surface area is 155 Å². The summed E-state index contributed by atoms with van der Waals surface area (Å²) < 4.78 is 30.8. The molecule has 2 aromatic rings. The SMILES string of the molecule is CCC(C)S(=O)(=O)Cc1cc(Br)ccc1C(=O)c1conc1C1CC1. The van der Waals surface area contributed by atoms with Gasteiger partial charge in [-0.2, -0.15) is 0 Å². The molecule has 1 unspecified atom stereocenters. The predicted molar refractivity (Wildman–Crippen MR) is 98.4 cm³/mol. The third-order valence-corrected chi connectivity index (χ3v) is 7.43. The van der Waals surface area contributed by atoms with E-state index in [4.69, 9.17) is 4.52 Å². The van der Waals surface area contributed by atoms with Crippen LogP contribution in [0.15, 0.2) is 33.5 Å².